The zero-order chi connectivity index (χ0) is 9.84. The maximum absolute atomic E-state index is 10.8. The lowest BCUT2D eigenvalue weighted by atomic mass is 9.89. The smallest absolute Gasteiger partial charge is 0.307 e. The Morgan fingerprint density at radius 2 is 2.00 bits per heavy atom. The molecule has 1 saturated carbocycles. The molecule has 0 aromatic rings. The molecule has 1 aliphatic rings. The molecule has 0 heterocycles. The number of carbonyl (C=O) groups is 2. The molecule has 0 saturated heterocycles. The van der Waals surface area contributed by atoms with Crippen molar-refractivity contribution in [3.05, 3.63) is 11.6 Å². The number of hydrogen-bond donors (Lipinski definition) is 1. The van der Waals surface area contributed by atoms with Gasteiger partial charge in [-0.1, -0.05) is 12.0 Å². The molecule has 1 rings (SSSR count). The van der Waals surface area contributed by atoms with Crippen molar-refractivity contribution in [3.8, 4) is 0 Å². The Morgan fingerprint density at radius 1 is 1.38 bits per heavy atom. The molecule has 0 aromatic carbocycles. The van der Waals surface area contributed by atoms with Crippen LogP contribution in [-0.4, -0.2) is 17.4 Å². The second-order valence-corrected chi connectivity index (χ2v) is 3.53. The fourth-order valence-electron chi connectivity index (χ4n) is 2.03. The number of aliphatic carboxylic acids is 1. The highest BCUT2D eigenvalue weighted by molar-refractivity contribution is 5.72. The van der Waals surface area contributed by atoms with Crippen LogP contribution in [0.1, 0.15) is 26.2 Å². The van der Waals surface area contributed by atoms with Gasteiger partial charge in [-0.25, -0.2) is 0 Å². The van der Waals surface area contributed by atoms with Gasteiger partial charge < -0.3 is 5.11 Å². The van der Waals surface area contributed by atoms with E-state index in [-0.39, 0.29) is 11.8 Å². The highest BCUT2D eigenvalue weighted by Crippen LogP contribution is 2.36. The minimum atomic E-state index is -0.735. The number of aldehydes is 1. The monoisotopic (exact) mass is 182 g/mol. The minimum absolute atomic E-state index is 0.0719. The molecular weight excluding hydrogens is 168 g/mol. The summed E-state index contributed by atoms with van der Waals surface area (Å²) < 4.78 is 0. The van der Waals surface area contributed by atoms with Crippen LogP contribution in [0, 0.1) is 11.8 Å². The van der Waals surface area contributed by atoms with Crippen LogP contribution in [-0.2, 0) is 9.59 Å². The van der Waals surface area contributed by atoms with Gasteiger partial charge in [0, 0.05) is 0 Å². The van der Waals surface area contributed by atoms with E-state index in [4.69, 9.17) is 5.11 Å². The molecule has 1 fully saturated rings. The fraction of sp³-hybridized carbons (Fsp3) is 0.600. The van der Waals surface area contributed by atoms with Crippen LogP contribution in [0.5, 0.6) is 0 Å². The summed E-state index contributed by atoms with van der Waals surface area (Å²) in [6, 6.07) is 0. The van der Waals surface area contributed by atoms with Gasteiger partial charge in [-0.15, -0.1) is 0 Å². The highest BCUT2D eigenvalue weighted by Gasteiger charge is 2.33. The second-order valence-electron chi connectivity index (χ2n) is 3.53. The lowest BCUT2D eigenvalue weighted by Gasteiger charge is -2.15. The van der Waals surface area contributed by atoms with Crippen LogP contribution in [0.15, 0.2) is 11.6 Å². The van der Waals surface area contributed by atoms with Crippen molar-refractivity contribution >= 4 is 12.3 Å². The Hall–Kier alpha value is -1.12. The molecule has 13 heavy (non-hydrogen) atoms. The van der Waals surface area contributed by atoms with Crippen LogP contribution in [0.2, 0.25) is 0 Å². The first kappa shape index (κ1) is 9.96. The fourth-order valence-corrected chi connectivity index (χ4v) is 2.03. The minimum Gasteiger partial charge on any atom is -0.481 e. The molecule has 3 nitrogen and oxygen atoms in total. The van der Waals surface area contributed by atoms with Crippen LogP contribution in [0.4, 0.5) is 0 Å². The predicted octanol–water partition coefficient (Wildman–Crippen LogP) is 1.63. The van der Waals surface area contributed by atoms with Crippen molar-refractivity contribution in [2.75, 3.05) is 0 Å². The first-order chi connectivity index (χ1) is 6.16. The molecule has 0 bridgehead atoms. The quantitative estimate of drug-likeness (QED) is 0.533. The average Bonchev–Trinajstić information content (AvgIpc) is 2.52. The molecule has 0 aliphatic heterocycles. The standard InChI is InChI=1S/C10H14O3/c1-7(5-6-11)8-3-2-4-9(8)10(12)13/h5-6,8-9H,2-4H2,1H3,(H,12,13)/b7-5+. The molecule has 3 heteroatoms. The first-order valence-corrected chi connectivity index (χ1v) is 4.51. The van der Waals surface area contributed by atoms with Gasteiger partial charge in [-0.3, -0.25) is 9.59 Å². The van der Waals surface area contributed by atoms with Gasteiger partial charge in [0.15, 0.2) is 0 Å². The van der Waals surface area contributed by atoms with Crippen molar-refractivity contribution in [2.24, 2.45) is 11.8 Å². The van der Waals surface area contributed by atoms with E-state index in [1.54, 1.807) is 0 Å². The summed E-state index contributed by atoms with van der Waals surface area (Å²) >= 11 is 0. The van der Waals surface area contributed by atoms with Crippen LogP contribution < -0.4 is 0 Å². The van der Waals surface area contributed by atoms with Gasteiger partial charge in [-0.2, -0.15) is 0 Å². The van der Waals surface area contributed by atoms with Crippen LogP contribution in [0.3, 0.4) is 0 Å². The maximum atomic E-state index is 10.8. The Kier molecular flexibility index (Phi) is 3.23. The third kappa shape index (κ3) is 2.17. The first-order valence-electron chi connectivity index (χ1n) is 4.51. The summed E-state index contributed by atoms with van der Waals surface area (Å²) in [6.07, 6.45) is 4.79. The zero-order valence-corrected chi connectivity index (χ0v) is 7.69. The number of hydrogen-bond acceptors (Lipinski definition) is 2. The maximum Gasteiger partial charge on any atom is 0.307 e. The Morgan fingerprint density at radius 3 is 2.54 bits per heavy atom. The highest BCUT2D eigenvalue weighted by atomic mass is 16.4. The van der Waals surface area contributed by atoms with E-state index >= 15 is 0 Å². The van der Waals surface area contributed by atoms with Crippen molar-refractivity contribution < 1.29 is 14.7 Å². The normalized spacial score (nSPS) is 28.8. The van der Waals surface area contributed by atoms with E-state index in [0.717, 1.165) is 31.1 Å². The van der Waals surface area contributed by atoms with Crippen molar-refractivity contribution in [1.82, 2.24) is 0 Å². The summed E-state index contributed by atoms with van der Waals surface area (Å²) in [5, 5.41) is 8.89. The van der Waals surface area contributed by atoms with E-state index in [1.807, 2.05) is 6.92 Å². The van der Waals surface area contributed by atoms with E-state index in [2.05, 4.69) is 0 Å². The van der Waals surface area contributed by atoms with E-state index in [9.17, 15) is 9.59 Å². The summed E-state index contributed by atoms with van der Waals surface area (Å²) in [6.45, 7) is 1.83. The third-order valence-corrected chi connectivity index (χ3v) is 2.75. The number of carboxylic acids is 1. The summed E-state index contributed by atoms with van der Waals surface area (Å²) in [4.78, 5) is 21.0. The number of carbonyl (C=O) groups excluding carboxylic acids is 1. The molecule has 1 aliphatic carbocycles. The Balaban J connectivity index is 2.73. The van der Waals surface area contributed by atoms with Gasteiger partial charge in [0.25, 0.3) is 0 Å². The molecule has 0 aromatic heterocycles. The van der Waals surface area contributed by atoms with Gasteiger partial charge >= 0.3 is 5.97 Å². The summed E-state index contributed by atoms with van der Waals surface area (Å²) in [5.41, 5.74) is 0.903. The van der Waals surface area contributed by atoms with Crippen LogP contribution >= 0.6 is 0 Å². The number of rotatable bonds is 3. The van der Waals surface area contributed by atoms with Gasteiger partial charge in [0.05, 0.1) is 5.92 Å². The molecule has 0 amide bonds. The zero-order valence-electron chi connectivity index (χ0n) is 7.69. The molecule has 2 unspecified atom stereocenters. The third-order valence-electron chi connectivity index (χ3n) is 2.75. The van der Waals surface area contributed by atoms with Crippen molar-refractivity contribution in [1.29, 1.82) is 0 Å². The Labute approximate surface area is 77.4 Å². The molecular formula is C10H14O3. The molecule has 72 valence electrons. The largest absolute Gasteiger partial charge is 0.481 e. The van der Waals surface area contributed by atoms with Gasteiger partial charge in [0.1, 0.15) is 6.29 Å². The summed E-state index contributed by atoms with van der Waals surface area (Å²) in [5.74, 6) is -0.944. The van der Waals surface area contributed by atoms with E-state index in [0.29, 0.717) is 0 Å². The second kappa shape index (κ2) is 4.21. The van der Waals surface area contributed by atoms with E-state index in [1.165, 1.54) is 6.08 Å². The molecule has 0 radical (unpaired) electrons. The predicted molar refractivity (Wildman–Crippen MR) is 48.3 cm³/mol. The molecule has 0 spiro atoms. The number of allylic oxidation sites excluding steroid dienone is 2. The van der Waals surface area contributed by atoms with E-state index < -0.39 is 5.97 Å². The SMILES string of the molecule is C/C(=C\C=O)C1CCCC1C(=O)O. The van der Waals surface area contributed by atoms with Crippen LogP contribution in [0.25, 0.3) is 0 Å². The average molecular weight is 182 g/mol. The lowest BCUT2D eigenvalue weighted by molar-refractivity contribution is -0.142. The Bertz CT molecular complexity index is 243. The van der Waals surface area contributed by atoms with Gasteiger partial charge in [0.2, 0.25) is 0 Å². The lowest BCUT2D eigenvalue weighted by Crippen LogP contribution is -2.19. The topological polar surface area (TPSA) is 54.4 Å². The van der Waals surface area contributed by atoms with Gasteiger partial charge in [-0.05, 0) is 31.8 Å². The van der Waals surface area contributed by atoms with Crippen molar-refractivity contribution in [3.63, 3.8) is 0 Å². The van der Waals surface area contributed by atoms with Crippen molar-refractivity contribution in [2.45, 2.75) is 26.2 Å². The molecule has 2 atom stereocenters. The number of carboxylic acid groups (broad SMARTS) is 1. The molecule has 1 N–H and O–H groups in total. The summed E-state index contributed by atoms with van der Waals surface area (Å²) in [7, 11) is 0.